The lowest BCUT2D eigenvalue weighted by Gasteiger charge is -2.32. The molecule has 1 aliphatic heterocycles. The fraction of sp³-hybridized carbons (Fsp3) is 0.588. The van der Waals surface area contributed by atoms with Crippen molar-refractivity contribution < 1.29 is 4.79 Å². The number of carbonyl (C=O) groups is 1. The maximum Gasteiger partial charge on any atom is 0.231 e. The minimum absolute atomic E-state index is 0. The molecule has 0 radical (unpaired) electrons. The summed E-state index contributed by atoms with van der Waals surface area (Å²) in [6, 6.07) is 0. The molecule has 0 bridgehead atoms. The zero-order valence-corrected chi connectivity index (χ0v) is 12.8. The number of hydrazine groups is 1. The molecular formula is C17H32N2O. The number of carbonyl (C=O) groups excluding carboxylic acids is 1. The third kappa shape index (κ3) is 8.70. The smallest absolute Gasteiger partial charge is 0.231 e. The zero-order chi connectivity index (χ0) is 14.7. The van der Waals surface area contributed by atoms with Crippen LogP contribution in [0.1, 0.15) is 48.0 Å². The second kappa shape index (κ2) is 12.7. The molecule has 1 amide bonds. The molecule has 0 atom stereocenters. The van der Waals surface area contributed by atoms with E-state index in [1.54, 1.807) is 6.92 Å². The van der Waals surface area contributed by atoms with Gasteiger partial charge in [0.2, 0.25) is 5.91 Å². The van der Waals surface area contributed by atoms with Crippen molar-refractivity contribution >= 4 is 5.91 Å². The van der Waals surface area contributed by atoms with Crippen molar-refractivity contribution in [3.05, 3.63) is 36.5 Å². The third-order valence-electron chi connectivity index (χ3n) is 2.95. The van der Waals surface area contributed by atoms with Crippen molar-refractivity contribution in [1.82, 2.24) is 10.4 Å². The van der Waals surface area contributed by atoms with Crippen molar-refractivity contribution in [2.75, 3.05) is 13.1 Å². The van der Waals surface area contributed by atoms with Crippen LogP contribution < -0.4 is 5.43 Å². The maximum atomic E-state index is 10.9. The van der Waals surface area contributed by atoms with Crippen LogP contribution in [0.5, 0.6) is 0 Å². The number of piperidine rings is 1. The summed E-state index contributed by atoms with van der Waals surface area (Å²) in [7, 11) is 0. The Kier molecular flexibility index (Phi) is 13.3. The van der Waals surface area contributed by atoms with E-state index in [1.807, 2.05) is 44.0 Å². The highest BCUT2D eigenvalue weighted by Gasteiger charge is 2.20. The first-order chi connectivity index (χ1) is 9.13. The van der Waals surface area contributed by atoms with Crippen LogP contribution in [0.25, 0.3) is 0 Å². The van der Waals surface area contributed by atoms with Gasteiger partial charge >= 0.3 is 0 Å². The summed E-state index contributed by atoms with van der Waals surface area (Å²) in [5, 5.41) is 1.99. The molecule has 0 saturated carbocycles. The predicted octanol–water partition coefficient (Wildman–Crippen LogP) is 4.10. The second-order valence-electron chi connectivity index (χ2n) is 4.39. The summed E-state index contributed by atoms with van der Waals surface area (Å²) in [5.41, 5.74) is 4.01. The molecule has 116 valence electrons. The molecule has 0 aromatic heterocycles. The first-order valence-corrected chi connectivity index (χ1v) is 7.13. The van der Waals surface area contributed by atoms with Gasteiger partial charge in [0.15, 0.2) is 0 Å². The quantitative estimate of drug-likeness (QED) is 0.786. The largest absolute Gasteiger partial charge is 0.289 e. The van der Waals surface area contributed by atoms with Gasteiger partial charge in [0.25, 0.3) is 0 Å². The highest BCUT2D eigenvalue weighted by molar-refractivity contribution is 5.72. The van der Waals surface area contributed by atoms with Gasteiger partial charge in [0, 0.05) is 20.0 Å². The summed E-state index contributed by atoms with van der Waals surface area (Å²) < 4.78 is 0. The first-order valence-electron chi connectivity index (χ1n) is 7.13. The van der Waals surface area contributed by atoms with Gasteiger partial charge in [-0.25, -0.2) is 5.01 Å². The molecular weight excluding hydrogens is 248 g/mol. The van der Waals surface area contributed by atoms with Gasteiger partial charge in [-0.2, -0.15) is 0 Å². The monoisotopic (exact) mass is 280 g/mol. The van der Waals surface area contributed by atoms with Crippen LogP contribution in [0.2, 0.25) is 0 Å². The average molecular weight is 280 g/mol. The lowest BCUT2D eigenvalue weighted by Crippen LogP contribution is -2.45. The van der Waals surface area contributed by atoms with Crippen molar-refractivity contribution in [1.29, 1.82) is 0 Å². The Bertz CT molecular complexity index is 324. The van der Waals surface area contributed by atoms with Crippen molar-refractivity contribution in [3.63, 3.8) is 0 Å². The fourth-order valence-electron chi connectivity index (χ4n) is 2.01. The van der Waals surface area contributed by atoms with Gasteiger partial charge < -0.3 is 0 Å². The van der Waals surface area contributed by atoms with E-state index in [2.05, 4.69) is 18.1 Å². The molecule has 1 heterocycles. The molecule has 1 rings (SSSR count). The predicted molar refractivity (Wildman–Crippen MR) is 89.3 cm³/mol. The molecule has 1 saturated heterocycles. The summed E-state index contributed by atoms with van der Waals surface area (Å²) >= 11 is 0. The number of rotatable bonds is 4. The Morgan fingerprint density at radius 1 is 1.25 bits per heavy atom. The Morgan fingerprint density at radius 3 is 2.25 bits per heavy atom. The average Bonchev–Trinajstić information content (AvgIpc) is 2.41. The van der Waals surface area contributed by atoms with Gasteiger partial charge in [0.1, 0.15) is 0 Å². The Morgan fingerprint density at radius 2 is 1.80 bits per heavy atom. The summed E-state index contributed by atoms with van der Waals surface area (Å²) in [6.45, 7) is 13.5. The molecule has 3 heteroatoms. The highest BCUT2D eigenvalue weighted by atomic mass is 16.2. The van der Waals surface area contributed by atoms with Crippen LogP contribution in [0.3, 0.4) is 0 Å². The molecule has 3 nitrogen and oxygen atoms in total. The summed E-state index contributed by atoms with van der Waals surface area (Å²) in [4.78, 5) is 10.9. The highest BCUT2D eigenvalue weighted by Crippen LogP contribution is 2.23. The Balaban J connectivity index is 0. The van der Waals surface area contributed by atoms with Crippen molar-refractivity contribution in [3.8, 4) is 0 Å². The van der Waals surface area contributed by atoms with E-state index in [1.165, 1.54) is 5.57 Å². The first kappa shape index (κ1) is 21.0. The van der Waals surface area contributed by atoms with Crippen molar-refractivity contribution in [2.24, 2.45) is 5.92 Å². The molecule has 1 fully saturated rings. The molecule has 0 aromatic carbocycles. The number of nitrogens with one attached hydrogen (secondary N) is 1. The van der Waals surface area contributed by atoms with Crippen LogP contribution in [0.15, 0.2) is 36.5 Å². The molecule has 0 aromatic rings. The van der Waals surface area contributed by atoms with Crippen molar-refractivity contribution in [2.45, 2.75) is 48.0 Å². The number of amides is 1. The minimum atomic E-state index is 0. The molecule has 0 unspecified atom stereocenters. The van der Waals surface area contributed by atoms with E-state index in [9.17, 15) is 4.79 Å². The standard InChI is InChI=1S/C14H22N2O.C2H6.CH4/c1-4-5-6-7-12(2)14-8-10-16(11-9-14)15-13(3)17;1-2;/h4-7,14H,2,8-11H2,1,3H3,(H,15,17);1-2H3;1H4/b5-4-,7-6-;;. The number of hydrogen-bond donors (Lipinski definition) is 1. The van der Waals surface area contributed by atoms with Crippen LogP contribution in [-0.2, 0) is 4.79 Å². The van der Waals surface area contributed by atoms with Crippen LogP contribution in [0, 0.1) is 5.92 Å². The maximum absolute atomic E-state index is 10.9. The molecule has 1 aliphatic rings. The fourth-order valence-corrected chi connectivity index (χ4v) is 2.01. The zero-order valence-electron chi connectivity index (χ0n) is 12.8. The van der Waals surface area contributed by atoms with E-state index in [4.69, 9.17) is 0 Å². The van der Waals surface area contributed by atoms with Crippen LogP contribution in [0.4, 0.5) is 0 Å². The normalized spacial score (nSPS) is 16.4. The van der Waals surface area contributed by atoms with E-state index in [0.717, 1.165) is 25.9 Å². The van der Waals surface area contributed by atoms with Gasteiger partial charge in [-0.3, -0.25) is 10.2 Å². The van der Waals surface area contributed by atoms with Crippen LogP contribution in [-0.4, -0.2) is 24.0 Å². The number of nitrogens with zero attached hydrogens (tertiary/aromatic N) is 1. The minimum Gasteiger partial charge on any atom is -0.289 e. The lowest BCUT2D eigenvalue weighted by atomic mass is 9.90. The SMILES string of the molecule is C.C=C(/C=C\C=C/C)C1CCN(NC(C)=O)CC1.CC. The summed E-state index contributed by atoms with van der Waals surface area (Å²) in [5.74, 6) is 0.553. The third-order valence-corrected chi connectivity index (χ3v) is 2.95. The molecule has 0 spiro atoms. The van der Waals surface area contributed by atoms with E-state index in [0.29, 0.717) is 5.92 Å². The molecule has 1 N–H and O–H groups in total. The Labute approximate surface area is 125 Å². The Hall–Kier alpha value is -1.35. The molecule has 20 heavy (non-hydrogen) atoms. The number of allylic oxidation sites excluding steroid dienone is 5. The second-order valence-corrected chi connectivity index (χ2v) is 4.39. The van der Waals surface area contributed by atoms with Gasteiger partial charge in [-0.1, -0.05) is 57.7 Å². The van der Waals surface area contributed by atoms with E-state index < -0.39 is 0 Å². The van der Waals surface area contributed by atoms with Gasteiger partial charge in [-0.05, 0) is 25.7 Å². The lowest BCUT2D eigenvalue weighted by molar-refractivity contribution is -0.124. The van der Waals surface area contributed by atoms with Crippen LogP contribution >= 0.6 is 0 Å². The number of hydrogen-bond acceptors (Lipinski definition) is 2. The van der Waals surface area contributed by atoms with Gasteiger partial charge in [0.05, 0.1) is 0 Å². The topological polar surface area (TPSA) is 32.3 Å². The van der Waals surface area contributed by atoms with E-state index in [-0.39, 0.29) is 13.3 Å². The molecule has 0 aliphatic carbocycles. The van der Waals surface area contributed by atoms with Gasteiger partial charge in [-0.15, -0.1) is 0 Å². The summed E-state index contributed by atoms with van der Waals surface area (Å²) in [6.07, 6.45) is 10.2. The van der Waals surface area contributed by atoms with E-state index >= 15 is 0 Å².